The molecule has 76 valence electrons. The van der Waals surface area contributed by atoms with E-state index < -0.39 is 10.8 Å². The Kier molecular flexibility index (Phi) is 3.34. The fourth-order valence-corrected chi connectivity index (χ4v) is 2.93. The van der Waals surface area contributed by atoms with Crippen LogP contribution in [0, 0.1) is 0 Å². The second-order valence-corrected chi connectivity index (χ2v) is 5.44. The maximum absolute atomic E-state index is 12.1. The average Bonchev–Trinajstić information content (AvgIpc) is 2.29. The Morgan fingerprint density at radius 3 is 2.20 bits per heavy atom. The normalized spacial score (nSPS) is 12.3. The summed E-state index contributed by atoms with van der Waals surface area (Å²) in [5.74, 6) is 0. The zero-order valence-corrected chi connectivity index (χ0v) is 10.3. The summed E-state index contributed by atoms with van der Waals surface area (Å²) in [5.41, 5.74) is 0. The van der Waals surface area contributed by atoms with Crippen molar-refractivity contribution in [2.75, 3.05) is 0 Å². The van der Waals surface area contributed by atoms with Gasteiger partial charge in [0.05, 0.1) is 10.8 Å². The molecule has 0 radical (unpaired) electrons. The van der Waals surface area contributed by atoms with Gasteiger partial charge in [-0.25, -0.2) is 4.21 Å². The lowest BCUT2D eigenvalue weighted by Crippen LogP contribution is -1.91. The average molecular weight is 281 g/mol. The van der Waals surface area contributed by atoms with Crippen molar-refractivity contribution in [1.82, 2.24) is 0 Å². The van der Waals surface area contributed by atoms with Crippen molar-refractivity contribution in [3.8, 4) is 0 Å². The van der Waals surface area contributed by atoms with Crippen LogP contribution in [0.2, 0.25) is 0 Å². The third kappa shape index (κ3) is 2.55. The SMILES string of the molecule is O=S(c1ccccc1)c1cccc(Br)c1. The minimum absolute atomic E-state index is 0.815. The third-order valence-electron chi connectivity index (χ3n) is 1.97. The first-order valence-corrected chi connectivity index (χ1v) is 6.44. The van der Waals surface area contributed by atoms with Gasteiger partial charge in [0.15, 0.2) is 0 Å². The Morgan fingerprint density at radius 2 is 1.53 bits per heavy atom. The van der Waals surface area contributed by atoms with Crippen molar-refractivity contribution in [2.24, 2.45) is 0 Å². The Balaban J connectivity index is 2.37. The molecule has 0 saturated carbocycles. The van der Waals surface area contributed by atoms with Gasteiger partial charge in [-0.1, -0.05) is 40.2 Å². The molecule has 1 unspecified atom stereocenters. The van der Waals surface area contributed by atoms with Gasteiger partial charge in [-0.05, 0) is 30.3 Å². The molecule has 0 aromatic heterocycles. The van der Waals surface area contributed by atoms with Crippen LogP contribution in [0.1, 0.15) is 0 Å². The Bertz CT molecular complexity index is 482. The number of halogens is 1. The smallest absolute Gasteiger partial charge is 0.0849 e. The number of benzene rings is 2. The summed E-state index contributed by atoms with van der Waals surface area (Å²) in [4.78, 5) is 1.64. The molecule has 0 heterocycles. The van der Waals surface area contributed by atoms with E-state index in [1.54, 1.807) is 0 Å². The van der Waals surface area contributed by atoms with Gasteiger partial charge in [-0.15, -0.1) is 0 Å². The van der Waals surface area contributed by atoms with Gasteiger partial charge < -0.3 is 0 Å². The molecule has 1 nitrogen and oxygen atoms in total. The van der Waals surface area contributed by atoms with Crippen molar-refractivity contribution in [2.45, 2.75) is 9.79 Å². The van der Waals surface area contributed by atoms with Crippen LogP contribution in [0.15, 0.2) is 68.9 Å². The van der Waals surface area contributed by atoms with Crippen molar-refractivity contribution in [3.63, 3.8) is 0 Å². The molecule has 15 heavy (non-hydrogen) atoms. The summed E-state index contributed by atoms with van der Waals surface area (Å²) in [6.45, 7) is 0. The summed E-state index contributed by atoms with van der Waals surface area (Å²) in [7, 11) is -1.09. The molecule has 0 aliphatic heterocycles. The molecule has 2 aromatic carbocycles. The number of hydrogen-bond donors (Lipinski definition) is 0. The van der Waals surface area contributed by atoms with Gasteiger partial charge in [-0.3, -0.25) is 0 Å². The predicted octanol–water partition coefficient (Wildman–Crippen LogP) is 3.62. The molecular formula is C12H9BrOS. The monoisotopic (exact) mass is 280 g/mol. The van der Waals surface area contributed by atoms with Gasteiger partial charge in [0.25, 0.3) is 0 Å². The van der Waals surface area contributed by atoms with Gasteiger partial charge in [0.2, 0.25) is 0 Å². The van der Waals surface area contributed by atoms with Crippen molar-refractivity contribution in [3.05, 3.63) is 59.1 Å². The van der Waals surface area contributed by atoms with Gasteiger partial charge in [0.1, 0.15) is 0 Å². The van der Waals surface area contributed by atoms with Crippen LogP contribution >= 0.6 is 15.9 Å². The van der Waals surface area contributed by atoms with Crippen molar-refractivity contribution in [1.29, 1.82) is 0 Å². The fraction of sp³-hybridized carbons (Fsp3) is 0. The van der Waals surface area contributed by atoms with E-state index in [1.807, 2.05) is 54.6 Å². The van der Waals surface area contributed by atoms with E-state index in [-0.39, 0.29) is 0 Å². The first kappa shape index (κ1) is 10.6. The molecule has 2 aromatic rings. The van der Waals surface area contributed by atoms with E-state index in [0.29, 0.717) is 0 Å². The van der Waals surface area contributed by atoms with Crippen molar-refractivity contribution >= 4 is 26.7 Å². The molecule has 0 amide bonds. The van der Waals surface area contributed by atoms with Gasteiger partial charge in [0, 0.05) is 14.3 Å². The molecule has 1 atom stereocenters. The lowest BCUT2D eigenvalue weighted by Gasteiger charge is -2.02. The highest BCUT2D eigenvalue weighted by atomic mass is 79.9. The van der Waals surface area contributed by atoms with E-state index in [1.165, 1.54) is 0 Å². The topological polar surface area (TPSA) is 17.1 Å². The molecule has 0 spiro atoms. The molecular weight excluding hydrogens is 272 g/mol. The van der Waals surface area contributed by atoms with Gasteiger partial charge >= 0.3 is 0 Å². The molecule has 0 aliphatic carbocycles. The van der Waals surface area contributed by atoms with Crippen LogP contribution in [-0.2, 0) is 10.8 Å². The molecule has 0 N–H and O–H groups in total. The van der Waals surface area contributed by atoms with Crippen LogP contribution in [0.5, 0.6) is 0 Å². The highest BCUT2D eigenvalue weighted by Gasteiger charge is 2.05. The highest BCUT2D eigenvalue weighted by molar-refractivity contribution is 9.10. The van der Waals surface area contributed by atoms with E-state index in [2.05, 4.69) is 15.9 Å². The van der Waals surface area contributed by atoms with Gasteiger partial charge in [-0.2, -0.15) is 0 Å². The lowest BCUT2D eigenvalue weighted by molar-refractivity contribution is 0.683. The highest BCUT2D eigenvalue weighted by Crippen LogP contribution is 2.19. The number of hydrogen-bond acceptors (Lipinski definition) is 1. The van der Waals surface area contributed by atoms with Crippen LogP contribution in [0.25, 0.3) is 0 Å². The molecule has 3 heteroatoms. The van der Waals surface area contributed by atoms with Crippen LogP contribution in [0.4, 0.5) is 0 Å². The van der Waals surface area contributed by atoms with E-state index >= 15 is 0 Å². The maximum Gasteiger partial charge on any atom is 0.0849 e. The Labute approximate surface area is 99.7 Å². The summed E-state index contributed by atoms with van der Waals surface area (Å²) >= 11 is 3.37. The lowest BCUT2D eigenvalue weighted by atomic mass is 10.4. The van der Waals surface area contributed by atoms with E-state index in [4.69, 9.17) is 0 Å². The Hall–Kier alpha value is -0.930. The van der Waals surface area contributed by atoms with Crippen LogP contribution in [0.3, 0.4) is 0 Å². The standard InChI is InChI=1S/C12H9BrOS/c13-10-5-4-8-12(9-10)15(14)11-6-2-1-3-7-11/h1-9H. The van der Waals surface area contributed by atoms with E-state index in [0.717, 1.165) is 14.3 Å². The maximum atomic E-state index is 12.1. The van der Waals surface area contributed by atoms with Crippen molar-refractivity contribution < 1.29 is 4.21 Å². The summed E-state index contributed by atoms with van der Waals surface area (Å²) in [5, 5.41) is 0. The van der Waals surface area contributed by atoms with Crippen LogP contribution in [-0.4, -0.2) is 4.21 Å². The molecule has 0 fully saturated rings. The zero-order valence-electron chi connectivity index (χ0n) is 7.89. The third-order valence-corrected chi connectivity index (χ3v) is 3.84. The van der Waals surface area contributed by atoms with Crippen LogP contribution < -0.4 is 0 Å². The largest absolute Gasteiger partial charge is 0.249 e. The fourth-order valence-electron chi connectivity index (χ4n) is 1.26. The predicted molar refractivity (Wildman–Crippen MR) is 65.3 cm³/mol. The first-order chi connectivity index (χ1) is 7.27. The summed E-state index contributed by atoms with van der Waals surface area (Å²) in [6, 6.07) is 17.0. The van der Waals surface area contributed by atoms with E-state index in [9.17, 15) is 4.21 Å². The molecule has 0 bridgehead atoms. The minimum Gasteiger partial charge on any atom is -0.249 e. The minimum atomic E-state index is -1.09. The second kappa shape index (κ2) is 4.73. The molecule has 0 aliphatic rings. The first-order valence-electron chi connectivity index (χ1n) is 4.50. The summed E-state index contributed by atoms with van der Waals surface area (Å²) < 4.78 is 13.0. The number of rotatable bonds is 2. The quantitative estimate of drug-likeness (QED) is 0.821. The Morgan fingerprint density at radius 1 is 0.867 bits per heavy atom. The molecule has 0 saturated heterocycles. The molecule has 2 rings (SSSR count). The summed E-state index contributed by atoms with van der Waals surface area (Å²) in [6.07, 6.45) is 0. The zero-order chi connectivity index (χ0) is 10.7. The second-order valence-electron chi connectivity index (χ2n) is 3.04.